The van der Waals surface area contributed by atoms with Gasteiger partial charge in [0.1, 0.15) is 5.75 Å². The topological polar surface area (TPSA) is 41.6 Å². The Balaban J connectivity index is 0.00000289. The van der Waals surface area contributed by atoms with Crippen molar-refractivity contribution in [1.82, 2.24) is 10.2 Å². The molecule has 0 aliphatic carbocycles. The van der Waals surface area contributed by atoms with Crippen molar-refractivity contribution < 1.29 is 9.53 Å². The van der Waals surface area contributed by atoms with Crippen LogP contribution in [0.5, 0.6) is 5.75 Å². The molecule has 102 valence electrons. The minimum Gasteiger partial charge on any atom is -0.496 e. The molecule has 0 aromatic heterocycles. The van der Waals surface area contributed by atoms with E-state index in [1.807, 2.05) is 6.07 Å². The second kappa shape index (κ2) is 8.19. The molecule has 1 aromatic rings. The molecule has 0 saturated carbocycles. The number of rotatable bonds is 5. The third-order valence-electron chi connectivity index (χ3n) is 2.40. The first kappa shape index (κ1) is 17.0. The highest BCUT2D eigenvalue weighted by Crippen LogP contribution is 2.23. The van der Waals surface area contributed by atoms with Gasteiger partial charge in [-0.25, -0.2) is 0 Å². The van der Waals surface area contributed by atoms with Gasteiger partial charge in [0.2, 0.25) is 5.91 Å². The normalized spacial score (nSPS) is 9.56. The Morgan fingerprint density at radius 2 is 2.17 bits per heavy atom. The van der Waals surface area contributed by atoms with E-state index in [4.69, 9.17) is 16.3 Å². The number of nitrogens with zero attached hydrogens (tertiary/aromatic N) is 1. The molecule has 1 rings (SSSR count). The number of benzene rings is 1. The summed E-state index contributed by atoms with van der Waals surface area (Å²) in [5, 5.41) is 3.46. The summed E-state index contributed by atoms with van der Waals surface area (Å²) in [6.45, 7) is 0.795. The lowest BCUT2D eigenvalue weighted by molar-refractivity contribution is -0.129. The first-order chi connectivity index (χ1) is 8.08. The van der Waals surface area contributed by atoms with Crippen molar-refractivity contribution in [2.75, 3.05) is 27.7 Å². The third-order valence-corrected chi connectivity index (χ3v) is 2.64. The minimum absolute atomic E-state index is 0. The fraction of sp³-hybridized carbons (Fsp3) is 0.417. The lowest BCUT2D eigenvalue weighted by Crippen LogP contribution is -2.33. The Kier molecular flexibility index (Phi) is 7.75. The molecule has 0 aliphatic heterocycles. The number of likely N-dealkylation sites (N-methyl/N-ethyl adjacent to an activating group) is 2. The van der Waals surface area contributed by atoms with Gasteiger partial charge < -0.3 is 15.0 Å². The van der Waals surface area contributed by atoms with Crippen LogP contribution in [0.25, 0.3) is 0 Å². The van der Waals surface area contributed by atoms with Gasteiger partial charge in [-0.3, -0.25) is 4.79 Å². The summed E-state index contributed by atoms with van der Waals surface area (Å²) in [5.74, 6) is 0.757. The van der Waals surface area contributed by atoms with Crippen LogP contribution in [-0.4, -0.2) is 38.6 Å². The molecular weight excluding hydrogens is 275 g/mol. The van der Waals surface area contributed by atoms with Gasteiger partial charge in [-0.15, -0.1) is 12.4 Å². The van der Waals surface area contributed by atoms with Gasteiger partial charge in [-0.05, 0) is 25.2 Å². The largest absolute Gasteiger partial charge is 0.496 e. The van der Waals surface area contributed by atoms with Gasteiger partial charge in [-0.1, -0.05) is 11.6 Å². The predicted octanol–water partition coefficient (Wildman–Crippen LogP) is 1.95. The smallest absolute Gasteiger partial charge is 0.236 e. The van der Waals surface area contributed by atoms with Gasteiger partial charge in [0, 0.05) is 24.2 Å². The zero-order valence-electron chi connectivity index (χ0n) is 10.7. The standard InChI is InChI=1S/C12H17ClN2O2.ClH/c1-14-7-12(16)15(2)8-9-6-10(13)4-5-11(9)17-3;/h4-6,14H,7-8H2,1-3H3;1H. The van der Waals surface area contributed by atoms with Crippen LogP contribution in [0.1, 0.15) is 5.56 Å². The lowest BCUT2D eigenvalue weighted by atomic mass is 10.2. The summed E-state index contributed by atoms with van der Waals surface area (Å²) in [6, 6.07) is 5.37. The molecule has 1 aromatic carbocycles. The monoisotopic (exact) mass is 292 g/mol. The molecule has 0 aliphatic rings. The van der Waals surface area contributed by atoms with Gasteiger partial charge >= 0.3 is 0 Å². The van der Waals surface area contributed by atoms with E-state index >= 15 is 0 Å². The van der Waals surface area contributed by atoms with E-state index in [1.165, 1.54) is 0 Å². The minimum atomic E-state index is 0. The fourth-order valence-electron chi connectivity index (χ4n) is 1.50. The number of nitrogens with one attached hydrogen (secondary N) is 1. The van der Waals surface area contributed by atoms with E-state index in [1.54, 1.807) is 38.2 Å². The van der Waals surface area contributed by atoms with Crippen molar-refractivity contribution in [3.8, 4) is 5.75 Å². The molecule has 0 fully saturated rings. The van der Waals surface area contributed by atoms with Crippen molar-refractivity contribution in [2.24, 2.45) is 0 Å². The van der Waals surface area contributed by atoms with Gasteiger partial charge in [0.05, 0.1) is 13.7 Å². The van der Waals surface area contributed by atoms with Gasteiger partial charge in [-0.2, -0.15) is 0 Å². The number of carbonyl (C=O) groups excluding carboxylic acids is 1. The van der Waals surface area contributed by atoms with E-state index < -0.39 is 0 Å². The number of ether oxygens (including phenoxy) is 1. The van der Waals surface area contributed by atoms with E-state index in [0.29, 0.717) is 18.1 Å². The molecule has 0 heterocycles. The van der Waals surface area contributed by atoms with E-state index in [9.17, 15) is 4.79 Å². The molecule has 6 heteroatoms. The number of methoxy groups -OCH3 is 1. The average Bonchev–Trinajstić information content (AvgIpc) is 2.29. The molecule has 0 bridgehead atoms. The van der Waals surface area contributed by atoms with Crippen molar-refractivity contribution in [1.29, 1.82) is 0 Å². The van der Waals surface area contributed by atoms with Gasteiger partial charge in [0.15, 0.2) is 0 Å². The first-order valence-corrected chi connectivity index (χ1v) is 5.67. The number of hydrogen-bond donors (Lipinski definition) is 1. The molecule has 18 heavy (non-hydrogen) atoms. The lowest BCUT2D eigenvalue weighted by Gasteiger charge is -2.18. The highest BCUT2D eigenvalue weighted by Gasteiger charge is 2.11. The predicted molar refractivity (Wildman–Crippen MR) is 75.7 cm³/mol. The van der Waals surface area contributed by atoms with Crippen molar-refractivity contribution in [3.63, 3.8) is 0 Å². The molecule has 0 atom stereocenters. The van der Waals surface area contributed by atoms with Crippen LogP contribution in [0.15, 0.2) is 18.2 Å². The average molecular weight is 293 g/mol. The van der Waals surface area contributed by atoms with E-state index in [0.717, 1.165) is 11.3 Å². The highest BCUT2D eigenvalue weighted by molar-refractivity contribution is 6.30. The van der Waals surface area contributed by atoms with Crippen LogP contribution in [0, 0.1) is 0 Å². The maximum absolute atomic E-state index is 11.6. The SMILES string of the molecule is CNCC(=O)N(C)Cc1cc(Cl)ccc1OC.Cl. The molecule has 1 N–H and O–H groups in total. The number of amides is 1. The fourth-order valence-corrected chi connectivity index (χ4v) is 1.70. The maximum Gasteiger partial charge on any atom is 0.236 e. The van der Waals surface area contributed by atoms with Crippen LogP contribution < -0.4 is 10.1 Å². The summed E-state index contributed by atoms with van der Waals surface area (Å²) in [4.78, 5) is 13.3. The zero-order valence-corrected chi connectivity index (χ0v) is 12.3. The zero-order chi connectivity index (χ0) is 12.8. The second-order valence-corrected chi connectivity index (χ2v) is 4.17. The molecule has 4 nitrogen and oxygen atoms in total. The first-order valence-electron chi connectivity index (χ1n) is 5.29. The number of carbonyl (C=O) groups is 1. The van der Waals surface area contributed by atoms with Crippen molar-refractivity contribution in [3.05, 3.63) is 28.8 Å². The Hall–Kier alpha value is -0.970. The Labute approximate surface area is 119 Å². The highest BCUT2D eigenvalue weighted by atomic mass is 35.5. The molecule has 0 radical (unpaired) electrons. The van der Waals surface area contributed by atoms with Crippen molar-refractivity contribution in [2.45, 2.75) is 6.54 Å². The Bertz CT molecular complexity index is 400. The number of hydrogen-bond acceptors (Lipinski definition) is 3. The second-order valence-electron chi connectivity index (χ2n) is 3.74. The Morgan fingerprint density at radius 1 is 1.50 bits per heavy atom. The maximum atomic E-state index is 11.6. The Morgan fingerprint density at radius 3 is 2.72 bits per heavy atom. The third kappa shape index (κ3) is 4.72. The van der Waals surface area contributed by atoms with E-state index in [2.05, 4.69) is 5.32 Å². The summed E-state index contributed by atoms with van der Waals surface area (Å²) in [7, 11) is 5.09. The van der Waals surface area contributed by atoms with Crippen LogP contribution in [0.4, 0.5) is 0 Å². The summed E-state index contributed by atoms with van der Waals surface area (Å²) in [5.41, 5.74) is 0.895. The molecule has 1 amide bonds. The number of halogens is 2. The molecule has 0 unspecified atom stereocenters. The van der Waals surface area contributed by atoms with Crippen LogP contribution >= 0.6 is 24.0 Å². The quantitative estimate of drug-likeness (QED) is 0.902. The van der Waals surface area contributed by atoms with E-state index in [-0.39, 0.29) is 18.3 Å². The van der Waals surface area contributed by atoms with Crippen molar-refractivity contribution >= 4 is 29.9 Å². The summed E-state index contributed by atoms with van der Waals surface area (Å²) in [6.07, 6.45) is 0. The van der Waals surface area contributed by atoms with Gasteiger partial charge in [0.25, 0.3) is 0 Å². The molecular formula is C12H18Cl2N2O2. The summed E-state index contributed by atoms with van der Waals surface area (Å²) < 4.78 is 5.23. The van der Waals surface area contributed by atoms with Crippen LogP contribution in [-0.2, 0) is 11.3 Å². The van der Waals surface area contributed by atoms with Crippen LogP contribution in [0.2, 0.25) is 5.02 Å². The molecule has 0 saturated heterocycles. The van der Waals surface area contributed by atoms with Crippen LogP contribution in [0.3, 0.4) is 0 Å². The summed E-state index contributed by atoms with van der Waals surface area (Å²) >= 11 is 5.93. The molecule has 0 spiro atoms.